The van der Waals surface area contributed by atoms with Crippen LogP contribution < -0.4 is 5.32 Å². The summed E-state index contributed by atoms with van der Waals surface area (Å²) in [4.78, 5) is 31.0. The predicted molar refractivity (Wildman–Crippen MR) is 107 cm³/mol. The molecule has 2 aromatic heterocycles. The highest BCUT2D eigenvalue weighted by atomic mass is 35.5. The molecule has 2 amide bonds. The van der Waals surface area contributed by atoms with Gasteiger partial charge in [-0.25, -0.2) is 4.98 Å². The van der Waals surface area contributed by atoms with Gasteiger partial charge in [0.1, 0.15) is 5.65 Å². The molecule has 1 aliphatic heterocycles. The predicted octanol–water partition coefficient (Wildman–Crippen LogP) is 2.70. The standard InChI is InChI=1S/C21H21ClN4O2/c22-17-6-7-19-24-18(14-26(19)13-17)11-23-21(28)16-10-20(27)25(12-16)9-8-15-4-2-1-3-5-15/h1-7,13-14,16H,8-12H2,(H,23,28). The topological polar surface area (TPSA) is 66.7 Å². The minimum atomic E-state index is -0.310. The lowest BCUT2D eigenvalue weighted by molar-refractivity contribution is -0.129. The van der Waals surface area contributed by atoms with Gasteiger partial charge in [0.15, 0.2) is 0 Å². The zero-order valence-electron chi connectivity index (χ0n) is 15.3. The van der Waals surface area contributed by atoms with Crippen molar-refractivity contribution in [2.75, 3.05) is 13.1 Å². The van der Waals surface area contributed by atoms with Crippen molar-refractivity contribution in [3.05, 3.63) is 71.1 Å². The number of aromatic nitrogens is 2. The lowest BCUT2D eigenvalue weighted by atomic mass is 10.1. The number of hydrogen-bond acceptors (Lipinski definition) is 3. The number of fused-ring (bicyclic) bond motifs is 1. The van der Waals surface area contributed by atoms with Crippen LogP contribution in [0.5, 0.6) is 0 Å². The third-order valence-corrected chi connectivity index (χ3v) is 5.23. The zero-order valence-corrected chi connectivity index (χ0v) is 16.1. The molecule has 6 nitrogen and oxygen atoms in total. The van der Waals surface area contributed by atoms with Crippen LogP contribution in [0.2, 0.25) is 5.02 Å². The van der Waals surface area contributed by atoms with E-state index in [4.69, 9.17) is 11.6 Å². The Kier molecular flexibility index (Phi) is 5.30. The van der Waals surface area contributed by atoms with Crippen molar-refractivity contribution in [3.63, 3.8) is 0 Å². The maximum Gasteiger partial charge on any atom is 0.225 e. The number of nitrogens with one attached hydrogen (secondary N) is 1. The number of benzene rings is 1. The van der Waals surface area contributed by atoms with E-state index in [1.807, 2.05) is 47.0 Å². The van der Waals surface area contributed by atoms with E-state index in [1.165, 1.54) is 5.56 Å². The normalized spacial score (nSPS) is 16.7. The second-order valence-electron chi connectivity index (χ2n) is 7.04. The van der Waals surface area contributed by atoms with Crippen molar-refractivity contribution in [3.8, 4) is 0 Å². The molecule has 28 heavy (non-hydrogen) atoms. The van der Waals surface area contributed by atoms with Crippen molar-refractivity contribution >= 4 is 29.1 Å². The molecular weight excluding hydrogens is 376 g/mol. The molecule has 1 N–H and O–H groups in total. The van der Waals surface area contributed by atoms with E-state index in [-0.39, 0.29) is 24.2 Å². The van der Waals surface area contributed by atoms with Crippen LogP contribution in [0.25, 0.3) is 5.65 Å². The highest BCUT2D eigenvalue weighted by Gasteiger charge is 2.33. The minimum absolute atomic E-state index is 0.0402. The van der Waals surface area contributed by atoms with E-state index < -0.39 is 0 Å². The van der Waals surface area contributed by atoms with Crippen molar-refractivity contribution in [2.45, 2.75) is 19.4 Å². The fourth-order valence-corrected chi connectivity index (χ4v) is 3.67. The Morgan fingerprint density at radius 2 is 2.00 bits per heavy atom. The first-order valence-corrected chi connectivity index (χ1v) is 9.69. The summed E-state index contributed by atoms with van der Waals surface area (Å²) in [5.74, 6) is -0.376. The van der Waals surface area contributed by atoms with Gasteiger partial charge in [0.05, 0.1) is 23.2 Å². The molecule has 3 aromatic rings. The number of carbonyl (C=O) groups excluding carboxylic acids is 2. The molecule has 0 radical (unpaired) electrons. The van der Waals surface area contributed by atoms with Gasteiger partial charge < -0.3 is 14.6 Å². The maximum atomic E-state index is 12.5. The van der Waals surface area contributed by atoms with Gasteiger partial charge in [0.25, 0.3) is 0 Å². The van der Waals surface area contributed by atoms with Crippen molar-refractivity contribution in [1.29, 1.82) is 0 Å². The molecule has 1 aliphatic rings. The maximum absolute atomic E-state index is 12.5. The Balaban J connectivity index is 1.30. The average molecular weight is 397 g/mol. The molecule has 0 spiro atoms. The first kappa shape index (κ1) is 18.5. The summed E-state index contributed by atoms with van der Waals surface area (Å²) in [6.07, 6.45) is 4.68. The number of carbonyl (C=O) groups is 2. The fourth-order valence-electron chi connectivity index (χ4n) is 3.50. The second kappa shape index (κ2) is 8.02. The van der Waals surface area contributed by atoms with Gasteiger partial charge in [0.2, 0.25) is 11.8 Å². The molecule has 1 atom stereocenters. The number of amides is 2. The number of likely N-dealkylation sites (tertiary alicyclic amines) is 1. The van der Waals surface area contributed by atoms with Gasteiger partial charge in [-0.05, 0) is 24.1 Å². The molecule has 3 heterocycles. The van der Waals surface area contributed by atoms with Crippen LogP contribution in [0.15, 0.2) is 54.9 Å². The average Bonchev–Trinajstić information content (AvgIpc) is 3.28. The monoisotopic (exact) mass is 396 g/mol. The van der Waals surface area contributed by atoms with E-state index in [0.29, 0.717) is 24.7 Å². The van der Waals surface area contributed by atoms with Crippen LogP contribution in [0.4, 0.5) is 0 Å². The van der Waals surface area contributed by atoms with Gasteiger partial charge in [-0.1, -0.05) is 41.9 Å². The highest BCUT2D eigenvalue weighted by molar-refractivity contribution is 6.30. The van der Waals surface area contributed by atoms with Gasteiger partial charge in [-0.3, -0.25) is 9.59 Å². The van der Waals surface area contributed by atoms with E-state index in [9.17, 15) is 9.59 Å². The van der Waals surface area contributed by atoms with Gasteiger partial charge >= 0.3 is 0 Å². The number of nitrogens with zero attached hydrogens (tertiary/aromatic N) is 3. The van der Waals surface area contributed by atoms with E-state index in [0.717, 1.165) is 17.8 Å². The number of imidazole rings is 1. The Bertz CT molecular complexity index is 1000. The molecule has 1 saturated heterocycles. The van der Waals surface area contributed by atoms with Gasteiger partial charge in [0, 0.05) is 31.9 Å². The first-order valence-electron chi connectivity index (χ1n) is 9.31. The molecule has 0 saturated carbocycles. The van der Waals surface area contributed by atoms with Gasteiger partial charge in [-0.15, -0.1) is 0 Å². The van der Waals surface area contributed by atoms with E-state index in [2.05, 4.69) is 10.3 Å². The molecule has 144 valence electrons. The Labute approximate surface area is 168 Å². The summed E-state index contributed by atoms with van der Waals surface area (Å²) >= 11 is 5.98. The summed E-state index contributed by atoms with van der Waals surface area (Å²) in [5.41, 5.74) is 2.72. The molecule has 0 bridgehead atoms. The second-order valence-corrected chi connectivity index (χ2v) is 7.48. The summed E-state index contributed by atoms with van der Waals surface area (Å²) in [5, 5.41) is 3.53. The Morgan fingerprint density at radius 1 is 1.18 bits per heavy atom. The van der Waals surface area contributed by atoms with Crippen LogP contribution >= 0.6 is 11.6 Å². The molecule has 1 fully saturated rings. The van der Waals surface area contributed by atoms with Crippen LogP contribution in [0.1, 0.15) is 17.7 Å². The SMILES string of the molecule is O=C(NCc1cn2cc(Cl)ccc2n1)C1CC(=O)N(CCc2ccccc2)C1. The van der Waals surface area contributed by atoms with Crippen LogP contribution in [-0.4, -0.2) is 39.2 Å². The van der Waals surface area contributed by atoms with Crippen LogP contribution in [0, 0.1) is 5.92 Å². The first-order chi connectivity index (χ1) is 13.6. The highest BCUT2D eigenvalue weighted by Crippen LogP contribution is 2.19. The summed E-state index contributed by atoms with van der Waals surface area (Å²) in [6.45, 7) is 1.44. The number of pyridine rings is 1. The minimum Gasteiger partial charge on any atom is -0.350 e. The lowest BCUT2D eigenvalue weighted by Crippen LogP contribution is -2.33. The summed E-state index contributed by atoms with van der Waals surface area (Å²) in [7, 11) is 0. The van der Waals surface area contributed by atoms with Gasteiger partial charge in [-0.2, -0.15) is 0 Å². The molecule has 1 aromatic carbocycles. The third-order valence-electron chi connectivity index (χ3n) is 5.01. The van der Waals surface area contributed by atoms with E-state index in [1.54, 1.807) is 17.2 Å². The largest absolute Gasteiger partial charge is 0.350 e. The zero-order chi connectivity index (χ0) is 19.5. The fraction of sp³-hybridized carbons (Fsp3) is 0.286. The third kappa shape index (κ3) is 4.17. The molecular formula is C21H21ClN4O2. The number of hydrogen-bond donors (Lipinski definition) is 1. The van der Waals surface area contributed by atoms with Crippen LogP contribution in [0.3, 0.4) is 0 Å². The summed E-state index contributed by atoms with van der Waals surface area (Å²) in [6, 6.07) is 13.7. The molecule has 1 unspecified atom stereocenters. The molecule has 4 rings (SSSR count). The van der Waals surface area contributed by atoms with Crippen molar-refractivity contribution in [2.24, 2.45) is 5.92 Å². The van der Waals surface area contributed by atoms with Crippen LogP contribution in [-0.2, 0) is 22.6 Å². The van der Waals surface area contributed by atoms with Crippen molar-refractivity contribution in [1.82, 2.24) is 19.6 Å². The summed E-state index contributed by atoms with van der Waals surface area (Å²) < 4.78 is 1.83. The molecule has 0 aliphatic carbocycles. The van der Waals surface area contributed by atoms with Crippen molar-refractivity contribution < 1.29 is 9.59 Å². The lowest BCUT2D eigenvalue weighted by Gasteiger charge is -2.16. The Hall–Kier alpha value is -2.86. The quantitative estimate of drug-likeness (QED) is 0.696. The smallest absolute Gasteiger partial charge is 0.225 e. The van der Waals surface area contributed by atoms with E-state index >= 15 is 0 Å². The molecule has 7 heteroatoms. The number of rotatable bonds is 6. The Morgan fingerprint density at radius 3 is 2.82 bits per heavy atom. The number of halogens is 1.